The van der Waals surface area contributed by atoms with E-state index < -0.39 is 0 Å². The van der Waals surface area contributed by atoms with Crippen LogP contribution >= 0.6 is 0 Å². The molecular weight excluding hydrogens is 136 g/mol. The summed E-state index contributed by atoms with van der Waals surface area (Å²) in [5.74, 6) is 0. The van der Waals surface area contributed by atoms with Gasteiger partial charge in [-0.3, -0.25) is 4.98 Å². The molecule has 2 heteroatoms. The molecule has 1 aromatic heterocycles. The van der Waals surface area contributed by atoms with Crippen molar-refractivity contribution in [2.75, 3.05) is 5.73 Å². The summed E-state index contributed by atoms with van der Waals surface area (Å²) in [4.78, 5) is 4.20. The highest BCUT2D eigenvalue weighted by atomic mass is 14.7. The Morgan fingerprint density at radius 3 is 2.91 bits per heavy atom. The van der Waals surface area contributed by atoms with Crippen molar-refractivity contribution >= 4 is 5.69 Å². The number of hydrogen-bond donors (Lipinski definition) is 1. The summed E-state index contributed by atoms with van der Waals surface area (Å²) < 4.78 is 0. The number of rotatable bonds is 2. The Bertz CT molecular complexity index is 243. The maximum Gasteiger partial charge on any atom is 0.0635 e. The van der Waals surface area contributed by atoms with Crippen molar-refractivity contribution in [1.29, 1.82) is 0 Å². The average Bonchev–Trinajstić information content (AvgIpc) is 1.99. The molecule has 0 saturated carbocycles. The highest BCUT2D eigenvalue weighted by Gasteiger charge is 2.00. The molecule has 2 nitrogen and oxygen atoms in total. The van der Waals surface area contributed by atoms with Gasteiger partial charge in [0.2, 0.25) is 0 Å². The van der Waals surface area contributed by atoms with Crippen LogP contribution in [0.1, 0.15) is 24.6 Å². The van der Waals surface area contributed by atoms with Crippen molar-refractivity contribution in [2.45, 2.75) is 26.7 Å². The fourth-order valence-corrected chi connectivity index (χ4v) is 1.06. The third-order valence-electron chi connectivity index (χ3n) is 1.78. The van der Waals surface area contributed by atoms with Gasteiger partial charge in [-0.2, -0.15) is 0 Å². The second-order valence-corrected chi connectivity index (χ2v) is 2.74. The van der Waals surface area contributed by atoms with Gasteiger partial charge in [0.1, 0.15) is 0 Å². The van der Waals surface area contributed by atoms with E-state index >= 15 is 0 Å². The molecule has 0 spiro atoms. The summed E-state index contributed by atoms with van der Waals surface area (Å²) in [6, 6.07) is 1.94. The Labute approximate surface area is 67.5 Å². The van der Waals surface area contributed by atoms with Crippen LogP contribution < -0.4 is 5.73 Å². The van der Waals surface area contributed by atoms with Crippen LogP contribution in [-0.4, -0.2) is 4.98 Å². The van der Waals surface area contributed by atoms with Gasteiger partial charge in [-0.1, -0.05) is 13.3 Å². The highest BCUT2D eigenvalue weighted by Crippen LogP contribution is 2.14. The van der Waals surface area contributed by atoms with E-state index in [0.717, 1.165) is 29.8 Å². The summed E-state index contributed by atoms with van der Waals surface area (Å²) in [6.07, 6.45) is 3.89. The van der Waals surface area contributed by atoms with Crippen LogP contribution in [0.4, 0.5) is 5.69 Å². The predicted octanol–water partition coefficient (Wildman–Crippen LogP) is 1.92. The van der Waals surface area contributed by atoms with Crippen LogP contribution in [-0.2, 0) is 6.42 Å². The van der Waals surface area contributed by atoms with E-state index in [1.807, 2.05) is 19.2 Å². The van der Waals surface area contributed by atoms with Crippen LogP contribution in [0.5, 0.6) is 0 Å². The van der Waals surface area contributed by atoms with E-state index in [0.29, 0.717) is 0 Å². The standard InChI is InChI=1S/C9H14N2/c1-3-4-8-9(10)7(2)5-6-11-8/h5-6H,3-4,10H2,1-2H3. The predicted molar refractivity (Wildman–Crippen MR) is 47.4 cm³/mol. The molecule has 1 rings (SSSR count). The van der Waals surface area contributed by atoms with Gasteiger partial charge in [0.15, 0.2) is 0 Å². The van der Waals surface area contributed by atoms with Crippen LogP contribution in [0, 0.1) is 6.92 Å². The minimum Gasteiger partial charge on any atom is -0.397 e. The molecule has 0 saturated heterocycles. The topological polar surface area (TPSA) is 38.9 Å². The molecule has 0 aliphatic carbocycles. The maximum absolute atomic E-state index is 5.81. The molecule has 0 bridgehead atoms. The lowest BCUT2D eigenvalue weighted by Gasteiger charge is -2.04. The van der Waals surface area contributed by atoms with Crippen molar-refractivity contribution in [3.63, 3.8) is 0 Å². The smallest absolute Gasteiger partial charge is 0.0635 e. The second kappa shape index (κ2) is 3.37. The van der Waals surface area contributed by atoms with Crippen molar-refractivity contribution in [3.8, 4) is 0 Å². The Morgan fingerprint density at radius 2 is 2.27 bits per heavy atom. The minimum absolute atomic E-state index is 0.856. The molecule has 1 heterocycles. The van der Waals surface area contributed by atoms with Gasteiger partial charge in [-0.25, -0.2) is 0 Å². The monoisotopic (exact) mass is 150 g/mol. The molecule has 0 aromatic carbocycles. The summed E-state index contributed by atoms with van der Waals surface area (Å²) >= 11 is 0. The van der Waals surface area contributed by atoms with E-state index in [4.69, 9.17) is 5.73 Å². The first kappa shape index (κ1) is 8.05. The quantitative estimate of drug-likeness (QED) is 0.699. The Hall–Kier alpha value is -1.05. The van der Waals surface area contributed by atoms with Gasteiger partial charge in [-0.05, 0) is 25.0 Å². The molecule has 0 aliphatic heterocycles. The average molecular weight is 150 g/mol. The van der Waals surface area contributed by atoms with E-state index in [-0.39, 0.29) is 0 Å². The van der Waals surface area contributed by atoms with Crippen molar-refractivity contribution in [3.05, 3.63) is 23.5 Å². The lowest BCUT2D eigenvalue weighted by Crippen LogP contribution is -1.99. The number of nitrogens with zero attached hydrogens (tertiary/aromatic N) is 1. The molecule has 2 N–H and O–H groups in total. The fourth-order valence-electron chi connectivity index (χ4n) is 1.06. The SMILES string of the molecule is CCCc1nccc(C)c1N. The van der Waals surface area contributed by atoms with Gasteiger partial charge >= 0.3 is 0 Å². The van der Waals surface area contributed by atoms with Gasteiger partial charge in [-0.15, -0.1) is 0 Å². The first-order chi connectivity index (χ1) is 5.25. The maximum atomic E-state index is 5.81. The molecular formula is C9H14N2. The van der Waals surface area contributed by atoms with Crippen molar-refractivity contribution < 1.29 is 0 Å². The zero-order chi connectivity index (χ0) is 8.27. The van der Waals surface area contributed by atoms with E-state index in [1.54, 1.807) is 0 Å². The molecule has 11 heavy (non-hydrogen) atoms. The lowest BCUT2D eigenvalue weighted by atomic mass is 10.1. The molecule has 0 atom stereocenters. The van der Waals surface area contributed by atoms with E-state index in [1.165, 1.54) is 0 Å². The summed E-state index contributed by atoms with van der Waals surface area (Å²) in [6.45, 7) is 4.14. The number of nitrogen functional groups attached to an aromatic ring is 1. The highest BCUT2D eigenvalue weighted by molar-refractivity contribution is 5.49. The molecule has 0 amide bonds. The molecule has 60 valence electrons. The van der Waals surface area contributed by atoms with Gasteiger partial charge in [0.25, 0.3) is 0 Å². The van der Waals surface area contributed by atoms with Gasteiger partial charge in [0.05, 0.1) is 11.4 Å². The molecule has 0 fully saturated rings. The van der Waals surface area contributed by atoms with Gasteiger partial charge in [0, 0.05) is 6.20 Å². The minimum atomic E-state index is 0.856. The number of anilines is 1. The summed E-state index contributed by atoms with van der Waals surface area (Å²) in [7, 11) is 0. The Kier molecular flexibility index (Phi) is 2.47. The number of aryl methyl sites for hydroxylation is 2. The lowest BCUT2D eigenvalue weighted by molar-refractivity contribution is 0.884. The third kappa shape index (κ3) is 1.70. The summed E-state index contributed by atoms with van der Waals surface area (Å²) in [5, 5.41) is 0. The third-order valence-corrected chi connectivity index (χ3v) is 1.78. The van der Waals surface area contributed by atoms with E-state index in [2.05, 4.69) is 11.9 Å². The molecule has 0 radical (unpaired) electrons. The van der Waals surface area contributed by atoms with Crippen LogP contribution in [0.2, 0.25) is 0 Å². The van der Waals surface area contributed by atoms with Crippen LogP contribution in [0.15, 0.2) is 12.3 Å². The zero-order valence-electron chi connectivity index (χ0n) is 7.09. The second-order valence-electron chi connectivity index (χ2n) is 2.74. The van der Waals surface area contributed by atoms with Gasteiger partial charge < -0.3 is 5.73 Å². The number of aromatic nitrogens is 1. The van der Waals surface area contributed by atoms with Crippen molar-refractivity contribution in [1.82, 2.24) is 4.98 Å². The largest absolute Gasteiger partial charge is 0.397 e. The normalized spacial score (nSPS) is 10.0. The Morgan fingerprint density at radius 1 is 1.55 bits per heavy atom. The molecule has 0 unspecified atom stereocenters. The van der Waals surface area contributed by atoms with Crippen LogP contribution in [0.25, 0.3) is 0 Å². The number of pyridine rings is 1. The Balaban J connectivity index is 2.96. The van der Waals surface area contributed by atoms with Crippen molar-refractivity contribution in [2.24, 2.45) is 0 Å². The number of hydrogen-bond acceptors (Lipinski definition) is 2. The van der Waals surface area contributed by atoms with Crippen LogP contribution in [0.3, 0.4) is 0 Å². The summed E-state index contributed by atoms with van der Waals surface area (Å²) in [5.41, 5.74) is 8.82. The van der Waals surface area contributed by atoms with E-state index in [9.17, 15) is 0 Å². The zero-order valence-corrected chi connectivity index (χ0v) is 7.09. The first-order valence-electron chi connectivity index (χ1n) is 3.95. The number of nitrogens with two attached hydrogens (primary N) is 1. The molecule has 0 aliphatic rings. The first-order valence-corrected chi connectivity index (χ1v) is 3.95. The molecule has 1 aromatic rings. The fraction of sp³-hybridized carbons (Fsp3) is 0.444.